The molecule has 0 atom stereocenters. The molecule has 7 nitrogen and oxygen atoms in total. The number of hydrogen-bond donors (Lipinski definition) is 1. The SMILES string of the molecule is COc1cc(CCON)c([N+](=O)[O-])cc1OC. The second-order valence-electron chi connectivity index (χ2n) is 3.21. The third-order valence-corrected chi connectivity index (χ3v) is 2.27. The standard InChI is InChI=1S/C10H14N2O5/c1-15-9-5-7(3-4-17-11)8(12(13)14)6-10(9)16-2/h5-6H,3-4,11H2,1-2H3. The molecular formula is C10H14N2O5. The van der Waals surface area contributed by atoms with Crippen molar-refractivity contribution in [2.75, 3.05) is 20.8 Å². The van der Waals surface area contributed by atoms with Crippen molar-refractivity contribution in [2.45, 2.75) is 6.42 Å². The Bertz CT molecular complexity index is 408. The molecule has 0 heterocycles. The maximum atomic E-state index is 10.9. The van der Waals surface area contributed by atoms with E-state index in [4.69, 9.17) is 15.4 Å². The Labute approximate surface area is 98.2 Å². The average Bonchev–Trinajstić information content (AvgIpc) is 2.34. The number of methoxy groups -OCH3 is 2. The summed E-state index contributed by atoms with van der Waals surface area (Å²) in [5.74, 6) is 5.65. The summed E-state index contributed by atoms with van der Waals surface area (Å²) in [5, 5.41) is 10.9. The van der Waals surface area contributed by atoms with E-state index < -0.39 is 4.92 Å². The smallest absolute Gasteiger partial charge is 0.276 e. The van der Waals surface area contributed by atoms with E-state index in [0.717, 1.165) is 0 Å². The first-order chi connectivity index (χ1) is 8.13. The van der Waals surface area contributed by atoms with E-state index in [1.165, 1.54) is 20.3 Å². The van der Waals surface area contributed by atoms with E-state index in [-0.39, 0.29) is 12.3 Å². The Kier molecular flexibility index (Phi) is 4.68. The minimum atomic E-state index is -0.478. The average molecular weight is 242 g/mol. The third kappa shape index (κ3) is 3.05. The minimum absolute atomic E-state index is 0.0419. The fourth-order valence-electron chi connectivity index (χ4n) is 1.45. The van der Waals surface area contributed by atoms with Gasteiger partial charge in [0.15, 0.2) is 11.5 Å². The molecule has 1 aromatic carbocycles. The van der Waals surface area contributed by atoms with E-state index in [9.17, 15) is 10.1 Å². The summed E-state index contributed by atoms with van der Waals surface area (Å²) in [6.45, 7) is 0.191. The number of rotatable bonds is 6. The first-order valence-electron chi connectivity index (χ1n) is 4.85. The van der Waals surface area contributed by atoms with Crippen molar-refractivity contribution in [1.82, 2.24) is 0 Å². The molecule has 7 heteroatoms. The molecule has 0 saturated carbocycles. The maximum Gasteiger partial charge on any atom is 0.276 e. The van der Waals surface area contributed by atoms with Gasteiger partial charge in [-0.05, 0) is 6.07 Å². The normalized spacial score (nSPS) is 10.1. The van der Waals surface area contributed by atoms with Gasteiger partial charge in [0.25, 0.3) is 5.69 Å². The molecule has 0 aliphatic carbocycles. The summed E-state index contributed by atoms with van der Waals surface area (Å²) >= 11 is 0. The van der Waals surface area contributed by atoms with Gasteiger partial charge in [-0.3, -0.25) is 10.1 Å². The Morgan fingerprint density at radius 1 is 1.29 bits per heavy atom. The van der Waals surface area contributed by atoms with E-state index in [2.05, 4.69) is 4.84 Å². The van der Waals surface area contributed by atoms with Crippen LogP contribution in [0.3, 0.4) is 0 Å². The summed E-state index contributed by atoms with van der Waals surface area (Å²) in [4.78, 5) is 14.8. The van der Waals surface area contributed by atoms with Crippen molar-refractivity contribution in [3.63, 3.8) is 0 Å². The van der Waals surface area contributed by atoms with Crippen LogP contribution in [0, 0.1) is 10.1 Å². The van der Waals surface area contributed by atoms with E-state index in [1.807, 2.05) is 0 Å². The van der Waals surface area contributed by atoms with E-state index in [0.29, 0.717) is 23.5 Å². The van der Waals surface area contributed by atoms with Gasteiger partial charge in [-0.25, -0.2) is 5.90 Å². The number of nitrogens with zero attached hydrogens (tertiary/aromatic N) is 1. The van der Waals surface area contributed by atoms with Gasteiger partial charge in [-0.15, -0.1) is 0 Å². The molecule has 94 valence electrons. The van der Waals surface area contributed by atoms with Crippen LogP contribution in [0.25, 0.3) is 0 Å². The number of nitro groups is 1. The number of nitro benzene ring substituents is 1. The predicted octanol–water partition coefficient (Wildman–Crippen LogP) is 1.04. The van der Waals surface area contributed by atoms with Gasteiger partial charge < -0.3 is 14.3 Å². The zero-order chi connectivity index (χ0) is 12.8. The fourth-order valence-corrected chi connectivity index (χ4v) is 1.45. The number of nitrogens with two attached hydrogens (primary N) is 1. The first kappa shape index (κ1) is 13.2. The van der Waals surface area contributed by atoms with Crippen molar-refractivity contribution in [3.8, 4) is 11.5 Å². The lowest BCUT2D eigenvalue weighted by Crippen LogP contribution is -2.06. The molecule has 17 heavy (non-hydrogen) atoms. The van der Waals surface area contributed by atoms with Crippen LogP contribution in [-0.4, -0.2) is 25.7 Å². The van der Waals surface area contributed by atoms with Crippen LogP contribution in [-0.2, 0) is 11.3 Å². The van der Waals surface area contributed by atoms with Gasteiger partial charge in [-0.1, -0.05) is 0 Å². The zero-order valence-corrected chi connectivity index (χ0v) is 9.63. The highest BCUT2D eigenvalue weighted by Crippen LogP contribution is 2.34. The van der Waals surface area contributed by atoms with Gasteiger partial charge in [0.2, 0.25) is 0 Å². The number of benzene rings is 1. The van der Waals surface area contributed by atoms with Gasteiger partial charge in [0, 0.05) is 12.0 Å². The maximum absolute atomic E-state index is 10.9. The summed E-state index contributed by atoms with van der Waals surface area (Å²) < 4.78 is 10.1. The monoisotopic (exact) mass is 242 g/mol. The van der Waals surface area contributed by atoms with Crippen molar-refractivity contribution in [1.29, 1.82) is 0 Å². The highest BCUT2D eigenvalue weighted by atomic mass is 16.6. The number of hydrogen-bond acceptors (Lipinski definition) is 6. The molecular weight excluding hydrogens is 228 g/mol. The molecule has 0 fully saturated rings. The van der Waals surface area contributed by atoms with Crippen LogP contribution in [0.5, 0.6) is 11.5 Å². The van der Waals surface area contributed by atoms with Gasteiger partial charge in [-0.2, -0.15) is 0 Å². The lowest BCUT2D eigenvalue weighted by molar-refractivity contribution is -0.385. The van der Waals surface area contributed by atoms with Crippen LogP contribution in [0.4, 0.5) is 5.69 Å². The molecule has 1 rings (SSSR count). The molecule has 2 N–H and O–H groups in total. The number of ether oxygens (including phenoxy) is 2. The second kappa shape index (κ2) is 6.02. The summed E-state index contributed by atoms with van der Waals surface area (Å²) in [6.07, 6.45) is 0.327. The van der Waals surface area contributed by atoms with Gasteiger partial charge in [0.1, 0.15) is 0 Å². The van der Waals surface area contributed by atoms with Crippen molar-refractivity contribution in [2.24, 2.45) is 5.90 Å². The summed E-state index contributed by atoms with van der Waals surface area (Å²) in [5.41, 5.74) is 0.442. The van der Waals surface area contributed by atoms with Crippen molar-refractivity contribution >= 4 is 5.69 Å². The van der Waals surface area contributed by atoms with Crippen LogP contribution in [0.2, 0.25) is 0 Å². The van der Waals surface area contributed by atoms with Gasteiger partial charge in [0.05, 0.1) is 31.8 Å². The van der Waals surface area contributed by atoms with Crippen LogP contribution in [0.15, 0.2) is 12.1 Å². The second-order valence-corrected chi connectivity index (χ2v) is 3.21. The molecule has 0 bridgehead atoms. The molecule has 0 unspecified atom stereocenters. The van der Waals surface area contributed by atoms with Crippen LogP contribution < -0.4 is 15.4 Å². The Balaban J connectivity index is 3.19. The molecule has 0 saturated heterocycles. The molecule has 0 aromatic heterocycles. The zero-order valence-electron chi connectivity index (χ0n) is 9.63. The Hall–Kier alpha value is -1.86. The third-order valence-electron chi connectivity index (χ3n) is 2.27. The van der Waals surface area contributed by atoms with Crippen molar-refractivity contribution in [3.05, 3.63) is 27.8 Å². The molecule has 0 spiro atoms. The van der Waals surface area contributed by atoms with E-state index in [1.54, 1.807) is 6.07 Å². The summed E-state index contributed by atoms with van der Waals surface area (Å²) in [7, 11) is 2.89. The summed E-state index contributed by atoms with van der Waals surface area (Å²) in [6, 6.07) is 2.88. The highest BCUT2D eigenvalue weighted by molar-refractivity contribution is 5.54. The van der Waals surface area contributed by atoms with Crippen molar-refractivity contribution < 1.29 is 19.2 Å². The molecule has 0 amide bonds. The quantitative estimate of drug-likeness (QED) is 0.591. The van der Waals surface area contributed by atoms with Gasteiger partial charge >= 0.3 is 0 Å². The van der Waals surface area contributed by atoms with E-state index >= 15 is 0 Å². The molecule has 0 radical (unpaired) electrons. The molecule has 0 aliphatic rings. The highest BCUT2D eigenvalue weighted by Gasteiger charge is 2.18. The van der Waals surface area contributed by atoms with Crippen LogP contribution >= 0.6 is 0 Å². The minimum Gasteiger partial charge on any atom is -0.493 e. The Morgan fingerprint density at radius 2 is 1.88 bits per heavy atom. The lowest BCUT2D eigenvalue weighted by atomic mass is 10.1. The molecule has 0 aliphatic heterocycles. The largest absolute Gasteiger partial charge is 0.493 e. The topological polar surface area (TPSA) is 96.9 Å². The molecule has 1 aromatic rings. The predicted molar refractivity (Wildman–Crippen MR) is 60.0 cm³/mol. The Morgan fingerprint density at radius 3 is 2.35 bits per heavy atom. The lowest BCUT2D eigenvalue weighted by Gasteiger charge is -2.10. The fraction of sp³-hybridized carbons (Fsp3) is 0.400. The van der Waals surface area contributed by atoms with Crippen LogP contribution in [0.1, 0.15) is 5.56 Å². The first-order valence-corrected chi connectivity index (χ1v) is 4.85.